The van der Waals surface area contributed by atoms with Crippen LogP contribution >= 0.6 is 11.3 Å². The van der Waals surface area contributed by atoms with Gasteiger partial charge in [0.15, 0.2) is 0 Å². The van der Waals surface area contributed by atoms with E-state index in [0.29, 0.717) is 36.5 Å². The molecule has 1 saturated heterocycles. The lowest BCUT2D eigenvalue weighted by molar-refractivity contribution is 0.0990. The van der Waals surface area contributed by atoms with Crippen LogP contribution in [0.25, 0.3) is 10.2 Å². The Morgan fingerprint density at radius 2 is 2.08 bits per heavy atom. The minimum Gasteiger partial charge on any atom is -0.424 e. The third kappa shape index (κ3) is 4.37. The number of aromatic nitrogens is 3. The number of aryl methyl sites for hydroxylation is 1. The van der Waals surface area contributed by atoms with Crippen LogP contribution < -0.4 is 25.6 Å². The van der Waals surface area contributed by atoms with Crippen LogP contribution in [0.2, 0.25) is 0 Å². The van der Waals surface area contributed by atoms with E-state index in [-0.39, 0.29) is 12.0 Å². The maximum atomic E-state index is 13.3. The second-order valence-electron chi connectivity index (χ2n) is 8.60. The third-order valence-electron chi connectivity index (χ3n) is 6.21. The number of para-hydroxylation sites is 1. The Morgan fingerprint density at radius 1 is 1.19 bits per heavy atom. The molecule has 0 aliphatic carbocycles. The van der Waals surface area contributed by atoms with Gasteiger partial charge in [0.25, 0.3) is 0 Å². The fraction of sp³-hybridized carbons (Fsp3) is 0.280. The van der Waals surface area contributed by atoms with E-state index < -0.39 is 0 Å². The van der Waals surface area contributed by atoms with Gasteiger partial charge in [0, 0.05) is 18.8 Å². The second-order valence-corrected chi connectivity index (χ2v) is 9.68. The van der Waals surface area contributed by atoms with Gasteiger partial charge in [0.2, 0.25) is 0 Å². The molecule has 3 aromatic heterocycles. The number of hydrogen-bond donors (Lipinski definition) is 3. The Hall–Kier alpha value is -3.64. The summed E-state index contributed by atoms with van der Waals surface area (Å²) in [6.07, 6.45) is 4.42. The van der Waals surface area contributed by atoms with Crippen LogP contribution in [0.5, 0.6) is 11.8 Å². The lowest BCUT2D eigenvalue weighted by Crippen LogP contribution is -2.35. The van der Waals surface area contributed by atoms with E-state index in [1.165, 1.54) is 11.3 Å². The Bertz CT molecular complexity index is 1410. The topological polar surface area (TPSA) is 114 Å². The van der Waals surface area contributed by atoms with Crippen molar-refractivity contribution in [2.45, 2.75) is 26.0 Å². The normalized spacial score (nSPS) is 17.0. The average Bonchev–Trinajstić information content (AvgIpc) is 3.52. The molecule has 0 radical (unpaired) electrons. The molecule has 5 heterocycles. The molecule has 2 aliphatic heterocycles. The standard InChI is InChI=1S/C25H25N7O3S/c1-15-19(12-28-24(30-15)35-17-5-3-2-4-6-17)32-18-8-10-27-23-21(18)22(31-25(32)33)20(36-23)13-34-14-29-16-7-9-26-11-16/h2-6,8,10,12,16,26,29H,7,9,11,13-14H2,1H3,(H,31,33)/t16-/m1/s1. The Morgan fingerprint density at radius 3 is 2.89 bits per heavy atom. The summed E-state index contributed by atoms with van der Waals surface area (Å²) in [4.78, 5) is 30.1. The van der Waals surface area contributed by atoms with Gasteiger partial charge < -0.3 is 20.1 Å². The molecule has 1 aromatic carbocycles. The van der Waals surface area contributed by atoms with Crippen LogP contribution in [0, 0.1) is 6.92 Å². The summed E-state index contributed by atoms with van der Waals surface area (Å²) in [5.74, 6) is 0.643. The zero-order chi connectivity index (χ0) is 24.5. The number of rotatable bonds is 8. The first-order valence-corrected chi connectivity index (χ1v) is 12.6. The largest absolute Gasteiger partial charge is 0.424 e. The molecule has 36 heavy (non-hydrogen) atoms. The molecule has 4 aromatic rings. The summed E-state index contributed by atoms with van der Waals surface area (Å²) in [5.41, 5.74) is 2.68. The highest BCUT2D eigenvalue weighted by molar-refractivity contribution is 7.19. The molecule has 10 nitrogen and oxygen atoms in total. The van der Waals surface area contributed by atoms with Crippen LogP contribution in [-0.4, -0.2) is 46.8 Å². The highest BCUT2D eigenvalue weighted by Crippen LogP contribution is 2.46. The number of pyridine rings is 1. The molecule has 2 aliphatic rings. The van der Waals surface area contributed by atoms with Crippen molar-refractivity contribution in [3.63, 3.8) is 0 Å². The van der Waals surface area contributed by atoms with Gasteiger partial charge >= 0.3 is 12.0 Å². The van der Waals surface area contributed by atoms with Crippen LogP contribution in [0.3, 0.4) is 0 Å². The molecule has 0 unspecified atom stereocenters. The maximum Gasteiger partial charge on any atom is 0.331 e. The van der Waals surface area contributed by atoms with Crippen LogP contribution in [0.1, 0.15) is 17.0 Å². The predicted molar refractivity (Wildman–Crippen MR) is 138 cm³/mol. The summed E-state index contributed by atoms with van der Waals surface area (Å²) < 4.78 is 11.6. The predicted octanol–water partition coefficient (Wildman–Crippen LogP) is 4.30. The van der Waals surface area contributed by atoms with Gasteiger partial charge in [-0.2, -0.15) is 4.98 Å². The molecule has 2 amide bonds. The highest BCUT2D eigenvalue weighted by Gasteiger charge is 2.32. The average molecular weight is 504 g/mol. The fourth-order valence-corrected chi connectivity index (χ4v) is 5.49. The smallest absolute Gasteiger partial charge is 0.331 e. The van der Waals surface area contributed by atoms with E-state index in [9.17, 15) is 4.79 Å². The number of thiophene rings is 1. The maximum absolute atomic E-state index is 13.3. The number of benzene rings is 1. The van der Waals surface area contributed by atoms with Crippen molar-refractivity contribution in [1.29, 1.82) is 0 Å². The SMILES string of the molecule is Cc1nc(Oc2ccccc2)ncc1N1C(=O)Nc2c(COCN[C@@H]3CCNC3)sc3nccc1c23. The van der Waals surface area contributed by atoms with Gasteiger partial charge in [-0.15, -0.1) is 11.3 Å². The van der Waals surface area contributed by atoms with Crippen molar-refractivity contribution >= 4 is 44.6 Å². The first-order valence-electron chi connectivity index (χ1n) is 11.8. The van der Waals surface area contributed by atoms with E-state index in [2.05, 4.69) is 30.9 Å². The van der Waals surface area contributed by atoms with Crippen molar-refractivity contribution in [1.82, 2.24) is 25.6 Å². The molecule has 1 fully saturated rings. The minimum absolute atomic E-state index is 0.220. The van der Waals surface area contributed by atoms with Gasteiger partial charge in [-0.25, -0.2) is 14.8 Å². The minimum atomic E-state index is -0.284. The molecule has 6 rings (SSSR count). The van der Waals surface area contributed by atoms with Crippen LogP contribution in [0.15, 0.2) is 48.8 Å². The van der Waals surface area contributed by atoms with Gasteiger partial charge in [-0.3, -0.25) is 10.2 Å². The number of amides is 2. The monoisotopic (exact) mass is 503 g/mol. The Balaban J connectivity index is 1.25. The van der Waals surface area contributed by atoms with Crippen molar-refractivity contribution in [3.05, 3.63) is 59.4 Å². The first-order chi connectivity index (χ1) is 17.7. The molecule has 184 valence electrons. The lowest BCUT2D eigenvalue weighted by Gasteiger charge is -2.29. The zero-order valence-electron chi connectivity index (χ0n) is 19.7. The molecule has 3 N–H and O–H groups in total. The van der Waals surface area contributed by atoms with Crippen molar-refractivity contribution < 1.29 is 14.3 Å². The molecule has 0 spiro atoms. The third-order valence-corrected chi connectivity index (χ3v) is 7.28. The Labute approximate surface area is 211 Å². The van der Waals surface area contributed by atoms with E-state index in [1.54, 1.807) is 17.3 Å². The number of urea groups is 1. The van der Waals surface area contributed by atoms with Gasteiger partial charge in [-0.05, 0) is 38.1 Å². The zero-order valence-corrected chi connectivity index (χ0v) is 20.5. The Kier molecular flexibility index (Phi) is 6.20. The van der Waals surface area contributed by atoms with Crippen LogP contribution in [0.4, 0.5) is 21.9 Å². The number of nitrogens with zero attached hydrogens (tertiary/aromatic N) is 4. The number of carbonyl (C=O) groups is 1. The number of ether oxygens (including phenoxy) is 2. The quantitative estimate of drug-likeness (QED) is 0.241. The van der Waals surface area contributed by atoms with Crippen molar-refractivity contribution in [3.8, 4) is 11.8 Å². The number of anilines is 3. The number of hydrogen-bond acceptors (Lipinski definition) is 9. The van der Waals surface area contributed by atoms with E-state index in [1.807, 2.05) is 43.3 Å². The van der Waals surface area contributed by atoms with Crippen LogP contribution in [-0.2, 0) is 11.3 Å². The van der Waals surface area contributed by atoms with Crippen molar-refractivity contribution in [2.75, 3.05) is 30.0 Å². The van der Waals surface area contributed by atoms with E-state index in [0.717, 1.165) is 46.0 Å². The van der Waals surface area contributed by atoms with Gasteiger partial charge in [0.1, 0.15) is 10.6 Å². The lowest BCUT2D eigenvalue weighted by atomic mass is 10.1. The van der Waals surface area contributed by atoms with E-state index in [4.69, 9.17) is 9.47 Å². The molecule has 0 bridgehead atoms. The van der Waals surface area contributed by atoms with Gasteiger partial charge in [-0.1, -0.05) is 18.2 Å². The number of carbonyl (C=O) groups excluding carboxylic acids is 1. The summed E-state index contributed by atoms with van der Waals surface area (Å²) in [7, 11) is 0. The molecule has 11 heteroatoms. The summed E-state index contributed by atoms with van der Waals surface area (Å²) in [6.45, 7) is 4.66. The second kappa shape index (κ2) is 9.78. The highest BCUT2D eigenvalue weighted by atomic mass is 32.1. The fourth-order valence-electron chi connectivity index (χ4n) is 4.44. The summed E-state index contributed by atoms with van der Waals surface area (Å²) >= 11 is 1.52. The van der Waals surface area contributed by atoms with E-state index >= 15 is 0 Å². The summed E-state index contributed by atoms with van der Waals surface area (Å²) in [6, 6.07) is 11.5. The first kappa shape index (κ1) is 22.8. The molecular formula is C25H25N7O3S. The molecule has 0 saturated carbocycles. The molecule has 1 atom stereocenters. The summed E-state index contributed by atoms with van der Waals surface area (Å²) in [5, 5.41) is 10.7. The van der Waals surface area contributed by atoms with Crippen molar-refractivity contribution in [2.24, 2.45) is 0 Å². The molecular weight excluding hydrogens is 478 g/mol. The van der Waals surface area contributed by atoms with Gasteiger partial charge in [0.05, 0.1) is 52.6 Å². The number of nitrogens with one attached hydrogen (secondary N) is 3.